The zero-order chi connectivity index (χ0) is 14.8. The lowest BCUT2D eigenvalue weighted by Crippen LogP contribution is -2.54. The van der Waals surface area contributed by atoms with Gasteiger partial charge in [-0.15, -0.1) is 12.4 Å². The molecule has 0 radical (unpaired) electrons. The van der Waals surface area contributed by atoms with Crippen molar-refractivity contribution in [3.05, 3.63) is 0 Å². The Kier molecular flexibility index (Phi) is 6.99. The monoisotopic (exact) mass is 316 g/mol. The maximum atomic E-state index is 12.7. The number of rotatable bonds is 3. The van der Waals surface area contributed by atoms with Crippen molar-refractivity contribution in [2.24, 2.45) is 23.0 Å². The van der Waals surface area contributed by atoms with Crippen LogP contribution in [0.4, 0.5) is 0 Å². The predicted molar refractivity (Wildman–Crippen MR) is 90.6 cm³/mol. The third kappa shape index (κ3) is 4.85. The Bertz CT molecular complexity index is 340. The van der Waals surface area contributed by atoms with E-state index >= 15 is 0 Å². The van der Waals surface area contributed by atoms with Crippen LogP contribution in [0.25, 0.3) is 0 Å². The minimum Gasteiger partial charge on any atom is -0.342 e. The van der Waals surface area contributed by atoms with Gasteiger partial charge in [0.1, 0.15) is 0 Å². The van der Waals surface area contributed by atoms with Crippen molar-refractivity contribution >= 4 is 18.3 Å². The number of nitrogens with zero attached hydrogens (tertiary/aromatic N) is 1. The van der Waals surface area contributed by atoms with Crippen LogP contribution in [0.1, 0.15) is 65.7 Å². The van der Waals surface area contributed by atoms with Gasteiger partial charge in [0, 0.05) is 25.0 Å². The van der Waals surface area contributed by atoms with Crippen molar-refractivity contribution < 1.29 is 4.79 Å². The first-order chi connectivity index (χ1) is 9.40. The average molecular weight is 317 g/mol. The van der Waals surface area contributed by atoms with Crippen LogP contribution in [0.3, 0.4) is 0 Å². The fraction of sp³-hybridized carbons (Fsp3) is 0.941. The standard InChI is InChI=1S/C17H32N2O.ClH/c1-13(11-14-7-5-4-6-8-14)16(20)19-10-9-15(18)17(2,3)12-19;/h13-15H,4-12,18H2,1-3H3;1H. The highest BCUT2D eigenvalue weighted by Gasteiger charge is 2.36. The average Bonchev–Trinajstić information content (AvgIpc) is 2.42. The van der Waals surface area contributed by atoms with Gasteiger partial charge in [-0.3, -0.25) is 4.79 Å². The van der Waals surface area contributed by atoms with E-state index in [1.807, 2.05) is 0 Å². The quantitative estimate of drug-likeness (QED) is 0.864. The van der Waals surface area contributed by atoms with Crippen LogP contribution in [0, 0.1) is 17.3 Å². The number of carbonyl (C=O) groups is 1. The molecule has 124 valence electrons. The summed E-state index contributed by atoms with van der Waals surface area (Å²) in [5.74, 6) is 1.32. The van der Waals surface area contributed by atoms with Crippen molar-refractivity contribution in [3.8, 4) is 0 Å². The van der Waals surface area contributed by atoms with Crippen molar-refractivity contribution in [2.75, 3.05) is 13.1 Å². The molecule has 2 unspecified atom stereocenters. The Morgan fingerprint density at radius 3 is 2.43 bits per heavy atom. The topological polar surface area (TPSA) is 46.3 Å². The second kappa shape index (κ2) is 7.82. The molecular formula is C17H33ClN2O. The predicted octanol–water partition coefficient (Wildman–Crippen LogP) is 3.60. The molecule has 0 aromatic heterocycles. The maximum Gasteiger partial charge on any atom is 0.225 e. The molecule has 0 aromatic rings. The lowest BCUT2D eigenvalue weighted by Gasteiger charge is -2.43. The molecule has 1 saturated carbocycles. The molecule has 2 atom stereocenters. The summed E-state index contributed by atoms with van der Waals surface area (Å²) < 4.78 is 0. The molecule has 1 aliphatic carbocycles. The summed E-state index contributed by atoms with van der Waals surface area (Å²) in [6, 6.07) is 0.222. The van der Waals surface area contributed by atoms with E-state index in [4.69, 9.17) is 5.73 Å². The molecule has 1 amide bonds. The number of nitrogens with two attached hydrogens (primary N) is 1. The zero-order valence-electron chi connectivity index (χ0n) is 13.9. The molecule has 3 nitrogen and oxygen atoms in total. The molecule has 1 aliphatic heterocycles. The Morgan fingerprint density at radius 1 is 1.24 bits per heavy atom. The number of carbonyl (C=O) groups excluding carboxylic acids is 1. The van der Waals surface area contributed by atoms with E-state index in [0.717, 1.165) is 31.8 Å². The van der Waals surface area contributed by atoms with Crippen LogP contribution in [0.5, 0.6) is 0 Å². The minimum absolute atomic E-state index is 0. The van der Waals surface area contributed by atoms with Crippen LogP contribution in [-0.2, 0) is 4.79 Å². The summed E-state index contributed by atoms with van der Waals surface area (Å²) in [5, 5.41) is 0. The molecule has 2 rings (SSSR count). The van der Waals surface area contributed by atoms with Crippen molar-refractivity contribution in [2.45, 2.75) is 71.8 Å². The van der Waals surface area contributed by atoms with Crippen molar-refractivity contribution in [1.29, 1.82) is 0 Å². The van der Waals surface area contributed by atoms with Gasteiger partial charge in [-0.1, -0.05) is 52.9 Å². The number of likely N-dealkylation sites (tertiary alicyclic amines) is 1. The van der Waals surface area contributed by atoms with Gasteiger partial charge < -0.3 is 10.6 Å². The molecule has 1 saturated heterocycles. The van der Waals surface area contributed by atoms with Gasteiger partial charge in [-0.25, -0.2) is 0 Å². The summed E-state index contributed by atoms with van der Waals surface area (Å²) in [6.45, 7) is 8.16. The summed E-state index contributed by atoms with van der Waals surface area (Å²) in [4.78, 5) is 14.7. The number of hydrogen-bond donors (Lipinski definition) is 1. The fourth-order valence-electron chi connectivity index (χ4n) is 3.90. The van der Waals surface area contributed by atoms with E-state index in [1.165, 1.54) is 32.1 Å². The van der Waals surface area contributed by atoms with Crippen LogP contribution < -0.4 is 5.73 Å². The molecule has 0 bridgehead atoms. The highest BCUT2D eigenvalue weighted by molar-refractivity contribution is 5.85. The van der Waals surface area contributed by atoms with Crippen LogP contribution in [0.2, 0.25) is 0 Å². The highest BCUT2D eigenvalue weighted by Crippen LogP contribution is 2.32. The van der Waals surface area contributed by atoms with E-state index in [1.54, 1.807) is 0 Å². The third-order valence-electron chi connectivity index (χ3n) is 5.46. The molecule has 2 aliphatic rings. The highest BCUT2D eigenvalue weighted by atomic mass is 35.5. The summed E-state index contributed by atoms with van der Waals surface area (Å²) in [6.07, 6.45) is 8.78. The Hall–Kier alpha value is -0.280. The number of amides is 1. The van der Waals surface area contributed by atoms with E-state index in [9.17, 15) is 4.79 Å². The van der Waals surface area contributed by atoms with Crippen LogP contribution in [-0.4, -0.2) is 29.9 Å². The third-order valence-corrected chi connectivity index (χ3v) is 5.46. The molecule has 4 heteroatoms. The van der Waals surface area contributed by atoms with E-state index in [2.05, 4.69) is 25.7 Å². The smallest absolute Gasteiger partial charge is 0.225 e. The fourth-order valence-corrected chi connectivity index (χ4v) is 3.90. The molecule has 2 N–H and O–H groups in total. The van der Waals surface area contributed by atoms with E-state index < -0.39 is 0 Å². The van der Waals surface area contributed by atoms with Gasteiger partial charge in [0.15, 0.2) is 0 Å². The second-order valence-corrected chi connectivity index (χ2v) is 7.78. The van der Waals surface area contributed by atoms with Gasteiger partial charge in [0.05, 0.1) is 0 Å². The van der Waals surface area contributed by atoms with Gasteiger partial charge >= 0.3 is 0 Å². The van der Waals surface area contributed by atoms with Crippen molar-refractivity contribution in [1.82, 2.24) is 4.90 Å². The number of hydrogen-bond acceptors (Lipinski definition) is 2. The SMILES string of the molecule is CC(CC1CCCCC1)C(=O)N1CCC(N)C(C)(C)C1.Cl. The summed E-state index contributed by atoms with van der Waals surface area (Å²) in [5.41, 5.74) is 6.22. The zero-order valence-corrected chi connectivity index (χ0v) is 14.8. The normalized spacial score (nSPS) is 27.8. The van der Waals surface area contributed by atoms with Gasteiger partial charge in [0.25, 0.3) is 0 Å². The lowest BCUT2D eigenvalue weighted by molar-refractivity contribution is -0.139. The second-order valence-electron chi connectivity index (χ2n) is 7.78. The Labute approximate surface area is 136 Å². The van der Waals surface area contributed by atoms with Crippen LogP contribution in [0.15, 0.2) is 0 Å². The summed E-state index contributed by atoms with van der Waals surface area (Å²) >= 11 is 0. The Morgan fingerprint density at radius 2 is 1.86 bits per heavy atom. The maximum absolute atomic E-state index is 12.7. The molecular weight excluding hydrogens is 284 g/mol. The first kappa shape index (κ1) is 18.8. The van der Waals surface area contributed by atoms with Gasteiger partial charge in [0.2, 0.25) is 5.91 Å². The molecule has 0 spiro atoms. The first-order valence-corrected chi connectivity index (χ1v) is 8.44. The molecule has 2 fully saturated rings. The Balaban J connectivity index is 0.00000220. The minimum atomic E-state index is 0. The molecule has 21 heavy (non-hydrogen) atoms. The van der Waals surface area contributed by atoms with Gasteiger partial charge in [-0.05, 0) is 24.2 Å². The van der Waals surface area contributed by atoms with Crippen molar-refractivity contribution in [3.63, 3.8) is 0 Å². The lowest BCUT2D eigenvalue weighted by atomic mass is 9.78. The van der Waals surface area contributed by atoms with Crippen LogP contribution >= 0.6 is 12.4 Å². The van der Waals surface area contributed by atoms with Gasteiger partial charge in [-0.2, -0.15) is 0 Å². The number of piperidine rings is 1. The van der Waals surface area contributed by atoms with E-state index in [-0.39, 0.29) is 29.8 Å². The largest absolute Gasteiger partial charge is 0.342 e. The molecule has 0 aromatic carbocycles. The summed E-state index contributed by atoms with van der Waals surface area (Å²) in [7, 11) is 0. The molecule has 1 heterocycles. The first-order valence-electron chi connectivity index (χ1n) is 8.44. The van der Waals surface area contributed by atoms with E-state index in [0.29, 0.717) is 5.91 Å². The number of halogens is 1.